The van der Waals surface area contributed by atoms with Gasteiger partial charge in [0.05, 0.1) is 30.4 Å². The van der Waals surface area contributed by atoms with Crippen molar-refractivity contribution in [3.8, 4) is 0 Å². The number of halogens is 6. The number of hydrogen-bond acceptors (Lipinski definition) is 4. The molecule has 0 spiro atoms. The number of rotatable bonds is 11. The van der Waals surface area contributed by atoms with E-state index in [0.717, 1.165) is 24.5 Å². The van der Waals surface area contributed by atoms with Gasteiger partial charge in [-0.15, -0.1) is 0 Å². The quantitative estimate of drug-likeness (QED) is 0.149. The number of likely N-dealkylation sites (N-methyl/N-ethyl adjacent to an activating group) is 1. The summed E-state index contributed by atoms with van der Waals surface area (Å²) in [5.41, 5.74) is -2.53. The van der Waals surface area contributed by atoms with E-state index in [2.05, 4.69) is 10.2 Å². The molecule has 3 aromatic carbocycles. The smallest absolute Gasteiger partial charge is 0.379 e. The van der Waals surface area contributed by atoms with Crippen LogP contribution in [0.4, 0.5) is 26.3 Å². The van der Waals surface area contributed by atoms with Crippen molar-refractivity contribution in [3.63, 3.8) is 0 Å². The van der Waals surface area contributed by atoms with Crippen LogP contribution in [0.25, 0.3) is 0 Å². The van der Waals surface area contributed by atoms with Crippen LogP contribution in [0.15, 0.2) is 91.0 Å². The molecule has 1 aliphatic rings. The molecule has 1 N–H and O–H groups in total. The van der Waals surface area contributed by atoms with E-state index < -0.39 is 52.8 Å². The van der Waals surface area contributed by atoms with E-state index in [0.29, 0.717) is 49.4 Å². The lowest BCUT2D eigenvalue weighted by Crippen LogP contribution is -2.41. The van der Waals surface area contributed by atoms with Crippen LogP contribution in [0.1, 0.15) is 45.0 Å². The second-order valence-corrected chi connectivity index (χ2v) is 11.0. The molecule has 246 valence electrons. The SMILES string of the molecule is CN(C(=O)c1cc(C(F)(F)F)cc(C(F)(F)F)c1)C(C=CC(=O)NCCCN1CCOCC1)C(c1ccccc1)c1ccccc1. The van der Waals surface area contributed by atoms with Gasteiger partial charge in [-0.2, -0.15) is 26.3 Å². The molecule has 1 unspecified atom stereocenters. The van der Waals surface area contributed by atoms with Gasteiger partial charge in [0.15, 0.2) is 0 Å². The lowest BCUT2D eigenvalue weighted by atomic mass is 9.83. The predicted octanol–water partition coefficient (Wildman–Crippen LogP) is 6.39. The van der Waals surface area contributed by atoms with E-state index in [9.17, 15) is 35.9 Å². The zero-order valence-corrected chi connectivity index (χ0v) is 25.2. The van der Waals surface area contributed by atoms with Crippen molar-refractivity contribution in [2.75, 3.05) is 46.4 Å². The summed E-state index contributed by atoms with van der Waals surface area (Å²) in [6.45, 7) is 4.09. The van der Waals surface area contributed by atoms with Gasteiger partial charge in [-0.05, 0) is 42.3 Å². The molecule has 4 rings (SSSR count). The van der Waals surface area contributed by atoms with Gasteiger partial charge in [-0.25, -0.2) is 0 Å². The third-order valence-electron chi connectivity index (χ3n) is 7.76. The molecular formula is C34H35F6N3O3. The van der Waals surface area contributed by atoms with Crippen molar-refractivity contribution in [1.29, 1.82) is 0 Å². The first-order valence-electron chi connectivity index (χ1n) is 14.8. The number of carbonyl (C=O) groups is 2. The van der Waals surface area contributed by atoms with Crippen LogP contribution in [-0.2, 0) is 21.9 Å². The van der Waals surface area contributed by atoms with Crippen LogP contribution in [-0.4, -0.2) is 74.1 Å². The highest BCUT2D eigenvalue weighted by atomic mass is 19.4. The number of morpholine rings is 1. The predicted molar refractivity (Wildman–Crippen MR) is 161 cm³/mol. The van der Waals surface area contributed by atoms with E-state index >= 15 is 0 Å². The van der Waals surface area contributed by atoms with Gasteiger partial charge in [-0.1, -0.05) is 66.7 Å². The Balaban J connectivity index is 1.67. The molecule has 12 heteroatoms. The summed E-state index contributed by atoms with van der Waals surface area (Å²) in [6, 6.07) is 17.7. The van der Waals surface area contributed by atoms with Gasteiger partial charge >= 0.3 is 12.4 Å². The Morgan fingerprint density at radius 2 is 1.39 bits per heavy atom. The number of amides is 2. The molecule has 1 heterocycles. The molecule has 46 heavy (non-hydrogen) atoms. The minimum Gasteiger partial charge on any atom is -0.379 e. The second kappa shape index (κ2) is 15.4. The van der Waals surface area contributed by atoms with Crippen molar-refractivity contribution in [1.82, 2.24) is 15.1 Å². The molecule has 0 aliphatic carbocycles. The maximum absolute atomic E-state index is 13.8. The first kappa shape index (κ1) is 34.7. The third kappa shape index (κ3) is 9.43. The van der Waals surface area contributed by atoms with Crippen molar-refractivity contribution in [2.45, 2.75) is 30.7 Å². The summed E-state index contributed by atoms with van der Waals surface area (Å²) in [6.07, 6.45) is -6.85. The molecule has 0 bridgehead atoms. The van der Waals surface area contributed by atoms with Crippen molar-refractivity contribution in [2.24, 2.45) is 0 Å². The number of nitrogens with one attached hydrogen (secondary N) is 1. The molecule has 2 amide bonds. The summed E-state index contributed by atoms with van der Waals surface area (Å²) >= 11 is 0. The maximum Gasteiger partial charge on any atom is 0.416 e. The van der Waals surface area contributed by atoms with Crippen LogP contribution < -0.4 is 5.32 Å². The summed E-state index contributed by atoms with van der Waals surface area (Å²) in [5, 5.41) is 2.81. The Hall–Kier alpha value is -4.16. The highest BCUT2D eigenvalue weighted by molar-refractivity contribution is 5.95. The van der Waals surface area contributed by atoms with Gasteiger partial charge < -0.3 is 15.0 Å². The number of ether oxygens (including phenoxy) is 1. The lowest BCUT2D eigenvalue weighted by molar-refractivity contribution is -0.143. The third-order valence-corrected chi connectivity index (χ3v) is 7.76. The van der Waals surface area contributed by atoms with E-state index in [1.807, 2.05) is 0 Å². The average Bonchev–Trinajstić information content (AvgIpc) is 3.04. The molecule has 1 atom stereocenters. The largest absolute Gasteiger partial charge is 0.416 e. The highest BCUT2D eigenvalue weighted by Crippen LogP contribution is 2.37. The number of benzene rings is 3. The standard InChI is InChI=1S/C34H35F6N3O3/c1-42(32(45)26-21-27(33(35,36)37)23-28(22-26)34(38,39)40)29(13-14-30(44)41-15-8-16-43-17-19-46-20-18-43)31(24-9-4-2-5-10-24)25-11-6-3-7-12-25/h2-7,9-14,21-23,29,31H,8,15-20H2,1H3,(H,41,44). The summed E-state index contributed by atoms with van der Waals surface area (Å²) < 4.78 is 87.0. The summed E-state index contributed by atoms with van der Waals surface area (Å²) in [4.78, 5) is 29.9. The van der Waals surface area contributed by atoms with Crippen molar-refractivity contribution >= 4 is 11.8 Å². The van der Waals surface area contributed by atoms with Crippen molar-refractivity contribution < 1.29 is 40.7 Å². The second-order valence-electron chi connectivity index (χ2n) is 11.0. The summed E-state index contributed by atoms with van der Waals surface area (Å²) in [7, 11) is 1.30. The van der Waals surface area contributed by atoms with E-state index in [4.69, 9.17) is 4.74 Å². The van der Waals surface area contributed by atoms with Crippen LogP contribution in [0.5, 0.6) is 0 Å². The fourth-order valence-electron chi connectivity index (χ4n) is 5.37. The minimum atomic E-state index is -5.12. The highest BCUT2D eigenvalue weighted by Gasteiger charge is 2.38. The Morgan fingerprint density at radius 1 is 0.870 bits per heavy atom. The van der Waals surface area contributed by atoms with Gasteiger partial charge in [0.25, 0.3) is 5.91 Å². The first-order chi connectivity index (χ1) is 21.8. The van der Waals surface area contributed by atoms with E-state index in [1.54, 1.807) is 60.7 Å². The Morgan fingerprint density at radius 3 is 1.89 bits per heavy atom. The molecule has 1 saturated heterocycles. The number of alkyl halides is 6. The average molecular weight is 648 g/mol. The number of hydrogen-bond donors (Lipinski definition) is 1. The fourth-order valence-corrected chi connectivity index (χ4v) is 5.37. The minimum absolute atomic E-state index is 0.0195. The zero-order valence-electron chi connectivity index (χ0n) is 25.2. The monoisotopic (exact) mass is 647 g/mol. The van der Waals surface area contributed by atoms with Crippen LogP contribution >= 0.6 is 0 Å². The normalized spacial score (nSPS) is 15.2. The zero-order chi connectivity index (χ0) is 33.3. The van der Waals surface area contributed by atoms with Gasteiger partial charge in [0, 0.05) is 44.2 Å². The summed E-state index contributed by atoms with van der Waals surface area (Å²) in [5.74, 6) is -2.16. The first-order valence-corrected chi connectivity index (χ1v) is 14.8. The van der Waals surface area contributed by atoms with E-state index in [1.165, 1.54) is 19.2 Å². The van der Waals surface area contributed by atoms with Gasteiger partial charge in [-0.3, -0.25) is 14.5 Å². The Bertz CT molecular complexity index is 1400. The van der Waals surface area contributed by atoms with Gasteiger partial charge in [0.2, 0.25) is 5.91 Å². The molecule has 1 fully saturated rings. The molecule has 0 saturated carbocycles. The lowest BCUT2D eigenvalue weighted by Gasteiger charge is -2.34. The molecule has 1 aliphatic heterocycles. The van der Waals surface area contributed by atoms with Crippen molar-refractivity contribution in [3.05, 3.63) is 119 Å². The number of carbonyl (C=O) groups excluding carboxylic acids is 2. The Labute approximate surface area is 263 Å². The van der Waals surface area contributed by atoms with Gasteiger partial charge in [0.1, 0.15) is 0 Å². The van der Waals surface area contributed by atoms with Crippen LogP contribution in [0.2, 0.25) is 0 Å². The molecule has 6 nitrogen and oxygen atoms in total. The van der Waals surface area contributed by atoms with E-state index in [-0.39, 0.29) is 6.07 Å². The molecule has 0 radical (unpaired) electrons. The van der Waals surface area contributed by atoms with Crippen LogP contribution in [0, 0.1) is 0 Å². The topological polar surface area (TPSA) is 61.9 Å². The van der Waals surface area contributed by atoms with Crippen LogP contribution in [0.3, 0.4) is 0 Å². The fraction of sp³-hybridized carbons (Fsp3) is 0.353. The molecule has 3 aromatic rings. The molecule has 0 aromatic heterocycles. The molecular weight excluding hydrogens is 612 g/mol. The maximum atomic E-state index is 13.8. The Kier molecular flexibility index (Phi) is 11.6. The number of nitrogens with zero attached hydrogens (tertiary/aromatic N) is 2.